The van der Waals surface area contributed by atoms with E-state index in [4.69, 9.17) is 4.74 Å². The fraction of sp³-hybridized carbons (Fsp3) is 0.375. The molecule has 1 amide bonds. The summed E-state index contributed by atoms with van der Waals surface area (Å²) in [6, 6.07) is 7.32. The summed E-state index contributed by atoms with van der Waals surface area (Å²) in [5.74, 6) is 1.01. The van der Waals surface area contributed by atoms with Gasteiger partial charge < -0.3 is 10.1 Å². The third-order valence-corrected chi connectivity index (χ3v) is 4.95. The molecule has 2 aromatic rings. The number of aromatic nitrogens is 1. The first-order chi connectivity index (χ1) is 10.4. The Labute approximate surface area is 139 Å². The molecule has 6 heteroatoms. The van der Waals surface area contributed by atoms with Crippen LogP contribution in [-0.4, -0.2) is 23.8 Å². The van der Waals surface area contributed by atoms with Crippen molar-refractivity contribution >= 4 is 34.7 Å². The molecule has 0 spiro atoms. The Morgan fingerprint density at radius 3 is 2.82 bits per heavy atom. The summed E-state index contributed by atoms with van der Waals surface area (Å²) in [5.41, 5.74) is 1.84. The maximum absolute atomic E-state index is 12.0. The number of nitrogens with zero attached hydrogens (tertiary/aromatic N) is 1. The molecule has 0 aliphatic rings. The van der Waals surface area contributed by atoms with Gasteiger partial charge in [-0.1, -0.05) is 38.6 Å². The number of thioether (sulfide) groups is 1. The predicted octanol–water partition coefficient (Wildman–Crippen LogP) is 4.18. The summed E-state index contributed by atoms with van der Waals surface area (Å²) in [4.78, 5) is 16.6. The summed E-state index contributed by atoms with van der Waals surface area (Å²) >= 11 is 3.04. The monoisotopic (exact) mass is 336 g/mol. The van der Waals surface area contributed by atoms with Crippen LogP contribution < -0.4 is 10.1 Å². The highest BCUT2D eigenvalue weighted by molar-refractivity contribution is 8.01. The van der Waals surface area contributed by atoms with Gasteiger partial charge in [0.05, 0.1) is 18.6 Å². The van der Waals surface area contributed by atoms with Crippen LogP contribution in [0.3, 0.4) is 0 Å². The second-order valence-electron chi connectivity index (χ2n) is 5.82. The van der Waals surface area contributed by atoms with Crippen molar-refractivity contribution < 1.29 is 9.53 Å². The van der Waals surface area contributed by atoms with E-state index in [-0.39, 0.29) is 11.3 Å². The van der Waals surface area contributed by atoms with E-state index in [0.29, 0.717) is 5.75 Å². The predicted molar refractivity (Wildman–Crippen MR) is 93.2 cm³/mol. The van der Waals surface area contributed by atoms with Crippen molar-refractivity contribution in [2.75, 3.05) is 18.2 Å². The summed E-state index contributed by atoms with van der Waals surface area (Å²) < 4.78 is 6.06. The molecule has 0 saturated carbocycles. The Kier molecular flexibility index (Phi) is 5.47. The van der Waals surface area contributed by atoms with Crippen LogP contribution >= 0.6 is 23.1 Å². The van der Waals surface area contributed by atoms with E-state index < -0.39 is 0 Å². The molecule has 0 saturated heterocycles. The molecule has 1 aromatic carbocycles. The molecule has 4 nitrogen and oxygen atoms in total. The van der Waals surface area contributed by atoms with Crippen LogP contribution in [0, 0.1) is 0 Å². The molecular weight excluding hydrogens is 316 g/mol. The topological polar surface area (TPSA) is 51.2 Å². The summed E-state index contributed by atoms with van der Waals surface area (Å²) in [7, 11) is 1.60. The molecule has 0 fully saturated rings. The number of amides is 1. The summed E-state index contributed by atoms with van der Waals surface area (Å²) in [5, 5.41) is 4.92. The lowest BCUT2D eigenvalue weighted by Crippen LogP contribution is -2.14. The van der Waals surface area contributed by atoms with Gasteiger partial charge in [-0.05, 0) is 12.1 Å². The number of methoxy groups -OCH3 is 1. The molecule has 1 aromatic heterocycles. The zero-order chi connectivity index (χ0) is 16.2. The number of hydrogen-bond donors (Lipinski definition) is 1. The normalized spacial score (nSPS) is 11.3. The van der Waals surface area contributed by atoms with Gasteiger partial charge in [-0.25, -0.2) is 4.98 Å². The van der Waals surface area contributed by atoms with Crippen molar-refractivity contribution in [2.24, 2.45) is 0 Å². The standard InChI is InChI=1S/C16H20N2O2S2/c1-16(2,3)13-9-21-15(18-13)22-10-14(19)17-11-6-5-7-12(8-11)20-4/h5-9H,10H2,1-4H3,(H,17,19). The smallest absolute Gasteiger partial charge is 0.234 e. The number of carbonyl (C=O) groups is 1. The zero-order valence-corrected chi connectivity index (χ0v) is 14.8. The molecule has 0 aliphatic carbocycles. The molecule has 2 rings (SSSR count). The highest BCUT2D eigenvalue weighted by Gasteiger charge is 2.17. The number of anilines is 1. The van der Waals surface area contributed by atoms with Gasteiger partial charge in [0.15, 0.2) is 4.34 Å². The number of rotatable bonds is 5. The van der Waals surface area contributed by atoms with Crippen molar-refractivity contribution in [2.45, 2.75) is 30.5 Å². The average molecular weight is 336 g/mol. The Balaban J connectivity index is 1.88. The van der Waals surface area contributed by atoms with Crippen molar-refractivity contribution in [3.8, 4) is 5.75 Å². The number of thiazole rings is 1. The third-order valence-electron chi connectivity index (χ3n) is 2.93. The van der Waals surface area contributed by atoms with Gasteiger partial charge in [0, 0.05) is 22.5 Å². The fourth-order valence-corrected chi connectivity index (χ4v) is 3.55. The van der Waals surface area contributed by atoms with E-state index in [2.05, 4.69) is 36.5 Å². The molecule has 0 atom stereocenters. The second kappa shape index (κ2) is 7.15. The molecule has 0 radical (unpaired) electrons. The van der Waals surface area contributed by atoms with Crippen LogP contribution in [0.2, 0.25) is 0 Å². The van der Waals surface area contributed by atoms with E-state index in [1.807, 2.05) is 18.2 Å². The minimum atomic E-state index is -0.0502. The minimum absolute atomic E-state index is 0.0398. The van der Waals surface area contributed by atoms with Gasteiger partial charge in [0.2, 0.25) is 5.91 Å². The highest BCUT2D eigenvalue weighted by atomic mass is 32.2. The number of nitrogens with one attached hydrogen (secondary N) is 1. The van der Waals surface area contributed by atoms with E-state index >= 15 is 0 Å². The van der Waals surface area contributed by atoms with Gasteiger partial charge in [0.1, 0.15) is 5.75 Å². The van der Waals surface area contributed by atoms with Crippen molar-refractivity contribution in [1.29, 1.82) is 0 Å². The molecule has 0 unspecified atom stereocenters. The van der Waals surface area contributed by atoms with E-state index in [0.717, 1.165) is 21.5 Å². The molecule has 22 heavy (non-hydrogen) atoms. The van der Waals surface area contributed by atoms with Crippen molar-refractivity contribution in [1.82, 2.24) is 4.98 Å². The average Bonchev–Trinajstić information content (AvgIpc) is 2.94. The Morgan fingerprint density at radius 1 is 1.41 bits per heavy atom. The van der Waals surface area contributed by atoms with Gasteiger partial charge in [0.25, 0.3) is 0 Å². The molecule has 1 N–H and O–H groups in total. The summed E-state index contributed by atoms with van der Waals surface area (Å²) in [6.45, 7) is 6.39. The van der Waals surface area contributed by atoms with Crippen LogP contribution in [0.15, 0.2) is 34.0 Å². The largest absolute Gasteiger partial charge is 0.497 e. The maximum Gasteiger partial charge on any atom is 0.234 e. The van der Waals surface area contributed by atoms with Gasteiger partial charge in [-0.2, -0.15) is 0 Å². The number of ether oxygens (including phenoxy) is 1. The lowest BCUT2D eigenvalue weighted by molar-refractivity contribution is -0.113. The SMILES string of the molecule is COc1cccc(NC(=O)CSc2nc(C(C)(C)C)cs2)c1. The van der Waals surface area contributed by atoms with Crippen LogP contribution in [0.4, 0.5) is 5.69 Å². The van der Waals surface area contributed by atoms with Crippen molar-refractivity contribution in [3.05, 3.63) is 35.3 Å². The molecular formula is C16H20N2O2S2. The molecule has 0 bridgehead atoms. The van der Waals surface area contributed by atoms with Gasteiger partial charge in [-0.15, -0.1) is 11.3 Å². The number of hydrogen-bond acceptors (Lipinski definition) is 5. The first kappa shape index (κ1) is 16.8. The lowest BCUT2D eigenvalue weighted by Gasteiger charge is -2.14. The van der Waals surface area contributed by atoms with E-state index in [1.165, 1.54) is 11.8 Å². The maximum atomic E-state index is 12.0. The van der Waals surface area contributed by atoms with Crippen LogP contribution in [0.25, 0.3) is 0 Å². The number of carbonyl (C=O) groups excluding carboxylic acids is 1. The first-order valence-corrected chi connectivity index (χ1v) is 8.78. The Hall–Kier alpha value is -1.53. The third kappa shape index (κ3) is 4.74. The van der Waals surface area contributed by atoms with Gasteiger partial charge >= 0.3 is 0 Å². The highest BCUT2D eigenvalue weighted by Crippen LogP contribution is 2.29. The van der Waals surface area contributed by atoms with Crippen LogP contribution in [0.1, 0.15) is 26.5 Å². The fourth-order valence-electron chi connectivity index (χ4n) is 1.69. The lowest BCUT2D eigenvalue weighted by atomic mass is 9.93. The van der Waals surface area contributed by atoms with Crippen LogP contribution in [0.5, 0.6) is 5.75 Å². The van der Waals surface area contributed by atoms with Crippen molar-refractivity contribution in [3.63, 3.8) is 0 Å². The summed E-state index contributed by atoms with van der Waals surface area (Å²) in [6.07, 6.45) is 0. The minimum Gasteiger partial charge on any atom is -0.497 e. The first-order valence-electron chi connectivity index (χ1n) is 6.91. The molecule has 1 heterocycles. The second-order valence-corrected chi connectivity index (χ2v) is 7.90. The van der Waals surface area contributed by atoms with Crippen LogP contribution in [-0.2, 0) is 10.2 Å². The van der Waals surface area contributed by atoms with Gasteiger partial charge in [-0.3, -0.25) is 4.79 Å². The number of benzene rings is 1. The zero-order valence-electron chi connectivity index (χ0n) is 13.2. The quantitative estimate of drug-likeness (QED) is 0.832. The Morgan fingerprint density at radius 2 is 2.18 bits per heavy atom. The Bertz CT molecular complexity index is 648. The molecule has 0 aliphatic heterocycles. The van der Waals surface area contributed by atoms with E-state index in [9.17, 15) is 4.79 Å². The van der Waals surface area contributed by atoms with E-state index in [1.54, 1.807) is 24.5 Å². The molecule has 118 valence electrons.